The van der Waals surface area contributed by atoms with Crippen LogP contribution < -0.4 is 0 Å². The summed E-state index contributed by atoms with van der Waals surface area (Å²) in [5.41, 5.74) is 2.99. The molecule has 1 aromatic carbocycles. The first-order valence-corrected chi connectivity index (χ1v) is 7.24. The fourth-order valence-corrected chi connectivity index (χ4v) is 2.44. The lowest BCUT2D eigenvalue weighted by Gasteiger charge is -2.30. The van der Waals surface area contributed by atoms with Gasteiger partial charge in [-0.1, -0.05) is 42.5 Å². The molecule has 0 N–H and O–H groups in total. The first-order chi connectivity index (χ1) is 10.2. The summed E-state index contributed by atoms with van der Waals surface area (Å²) in [6.45, 7) is 6.97. The van der Waals surface area contributed by atoms with E-state index in [1.807, 2.05) is 36.4 Å². The minimum absolute atomic E-state index is 0.00987. The van der Waals surface area contributed by atoms with Gasteiger partial charge in [0.25, 0.3) is 0 Å². The van der Waals surface area contributed by atoms with Crippen LogP contribution in [0.4, 0.5) is 0 Å². The molecule has 0 bridgehead atoms. The summed E-state index contributed by atoms with van der Waals surface area (Å²) < 4.78 is 11.7. The van der Waals surface area contributed by atoms with Crippen LogP contribution in [0.25, 0.3) is 0 Å². The van der Waals surface area contributed by atoms with Crippen molar-refractivity contribution in [2.45, 2.75) is 38.6 Å². The third-order valence-electron chi connectivity index (χ3n) is 3.42. The molecule has 3 heteroatoms. The van der Waals surface area contributed by atoms with E-state index in [1.54, 1.807) is 6.92 Å². The maximum absolute atomic E-state index is 10.7. The molecule has 0 unspecified atom stereocenters. The number of hydrogen-bond acceptors (Lipinski definition) is 3. The highest BCUT2D eigenvalue weighted by Crippen LogP contribution is 2.24. The lowest BCUT2D eigenvalue weighted by molar-refractivity contribution is -0.105. The van der Waals surface area contributed by atoms with Crippen LogP contribution in [0, 0.1) is 0 Å². The number of carbonyl (C=O) groups is 1. The molecule has 0 saturated carbocycles. The van der Waals surface area contributed by atoms with Crippen molar-refractivity contribution >= 4 is 6.29 Å². The van der Waals surface area contributed by atoms with Gasteiger partial charge in [-0.25, -0.2) is 0 Å². The van der Waals surface area contributed by atoms with E-state index in [-0.39, 0.29) is 12.2 Å². The zero-order valence-corrected chi connectivity index (χ0v) is 12.5. The number of hydrogen-bond donors (Lipinski definition) is 0. The molecule has 1 saturated heterocycles. The summed E-state index contributed by atoms with van der Waals surface area (Å²) in [6, 6.07) is 10.1. The summed E-state index contributed by atoms with van der Waals surface area (Å²) in [5, 5.41) is 0. The predicted molar refractivity (Wildman–Crippen MR) is 83.0 cm³/mol. The van der Waals surface area contributed by atoms with Crippen LogP contribution in [0.3, 0.4) is 0 Å². The number of allylic oxidation sites excluding steroid dienone is 1. The maximum atomic E-state index is 10.7. The number of rotatable bonds is 6. The molecule has 1 aromatic rings. The van der Waals surface area contributed by atoms with Crippen LogP contribution >= 0.6 is 0 Å². The van der Waals surface area contributed by atoms with Crippen LogP contribution in [0.5, 0.6) is 0 Å². The minimum Gasteiger partial charge on any atom is -0.374 e. The lowest BCUT2D eigenvalue weighted by atomic mass is 9.98. The van der Waals surface area contributed by atoms with Crippen LogP contribution in [0.2, 0.25) is 0 Å². The van der Waals surface area contributed by atoms with Crippen molar-refractivity contribution in [3.05, 3.63) is 59.7 Å². The van der Waals surface area contributed by atoms with Gasteiger partial charge in [0, 0.05) is 0 Å². The number of benzene rings is 1. The monoisotopic (exact) mass is 286 g/mol. The van der Waals surface area contributed by atoms with Crippen molar-refractivity contribution in [1.82, 2.24) is 0 Å². The molecule has 1 aliphatic rings. The molecule has 1 fully saturated rings. The van der Waals surface area contributed by atoms with Crippen LogP contribution in [-0.4, -0.2) is 25.1 Å². The smallest absolute Gasteiger partial charge is 0.145 e. The summed E-state index contributed by atoms with van der Waals surface area (Å²) in [5.74, 6) is 0. The molecule has 3 nitrogen and oxygen atoms in total. The molecule has 0 amide bonds. The zero-order valence-electron chi connectivity index (χ0n) is 12.5. The Hall–Kier alpha value is -1.71. The second kappa shape index (κ2) is 7.91. The van der Waals surface area contributed by atoms with Crippen molar-refractivity contribution in [3.63, 3.8) is 0 Å². The van der Waals surface area contributed by atoms with Gasteiger partial charge in [-0.3, -0.25) is 4.79 Å². The number of aldehydes is 1. The summed E-state index contributed by atoms with van der Waals surface area (Å²) in [4.78, 5) is 10.7. The molecule has 1 heterocycles. The van der Waals surface area contributed by atoms with Gasteiger partial charge in [0.15, 0.2) is 0 Å². The first kappa shape index (κ1) is 15.7. The molecule has 2 atom stereocenters. The van der Waals surface area contributed by atoms with E-state index in [0.717, 1.165) is 30.3 Å². The van der Waals surface area contributed by atoms with Crippen molar-refractivity contribution < 1.29 is 14.3 Å². The van der Waals surface area contributed by atoms with E-state index in [1.165, 1.54) is 0 Å². The van der Waals surface area contributed by atoms with E-state index >= 15 is 0 Å². The van der Waals surface area contributed by atoms with Crippen molar-refractivity contribution in [1.29, 1.82) is 0 Å². The Bertz CT molecular complexity index is 504. The SMILES string of the molecule is C=C1C[C@@H](COCc2ccccc2)O[C@@H](/C=C(\C)C=O)C1. The first-order valence-electron chi connectivity index (χ1n) is 7.24. The Morgan fingerprint density at radius 3 is 2.86 bits per heavy atom. The van der Waals surface area contributed by atoms with E-state index in [4.69, 9.17) is 9.47 Å². The lowest BCUT2D eigenvalue weighted by Crippen LogP contribution is -2.31. The molecule has 0 spiro atoms. The fraction of sp³-hybridized carbons (Fsp3) is 0.389. The van der Waals surface area contributed by atoms with Crippen molar-refractivity contribution in [2.75, 3.05) is 6.61 Å². The summed E-state index contributed by atoms with van der Waals surface area (Å²) >= 11 is 0. The van der Waals surface area contributed by atoms with E-state index < -0.39 is 0 Å². The second-order valence-electron chi connectivity index (χ2n) is 5.48. The molecule has 112 valence electrons. The molecule has 0 radical (unpaired) electrons. The fourth-order valence-electron chi connectivity index (χ4n) is 2.44. The van der Waals surface area contributed by atoms with Gasteiger partial charge in [0.2, 0.25) is 0 Å². The largest absolute Gasteiger partial charge is 0.374 e. The summed E-state index contributed by atoms with van der Waals surface area (Å²) in [7, 11) is 0. The van der Waals surface area contributed by atoms with Crippen molar-refractivity contribution in [2.24, 2.45) is 0 Å². The van der Waals surface area contributed by atoms with E-state index in [0.29, 0.717) is 18.8 Å². The maximum Gasteiger partial charge on any atom is 0.145 e. The second-order valence-corrected chi connectivity index (χ2v) is 5.48. The van der Waals surface area contributed by atoms with Crippen LogP contribution in [0.1, 0.15) is 25.3 Å². The molecule has 2 rings (SSSR count). The number of carbonyl (C=O) groups excluding carboxylic acids is 1. The number of ether oxygens (including phenoxy) is 2. The molecule has 21 heavy (non-hydrogen) atoms. The average Bonchev–Trinajstić information content (AvgIpc) is 2.47. The van der Waals surface area contributed by atoms with Gasteiger partial charge >= 0.3 is 0 Å². The molecular weight excluding hydrogens is 264 g/mol. The Kier molecular flexibility index (Phi) is 5.90. The van der Waals surface area contributed by atoms with Gasteiger partial charge in [0.1, 0.15) is 6.29 Å². The van der Waals surface area contributed by atoms with Crippen LogP contribution in [0.15, 0.2) is 54.1 Å². The molecule has 0 aliphatic carbocycles. The van der Waals surface area contributed by atoms with E-state index in [2.05, 4.69) is 6.58 Å². The van der Waals surface area contributed by atoms with Gasteiger partial charge in [-0.15, -0.1) is 0 Å². The Morgan fingerprint density at radius 1 is 1.38 bits per heavy atom. The summed E-state index contributed by atoms with van der Waals surface area (Å²) in [6.07, 6.45) is 4.25. The molecular formula is C18H22O3. The average molecular weight is 286 g/mol. The standard InChI is InChI=1S/C18H22O3/c1-14-8-17(10-15(2)11-19)21-18(9-14)13-20-12-16-6-4-3-5-7-16/h3-7,10-11,17-18H,1,8-9,12-13H2,2H3/b15-10+/t17-,18+/m1/s1. The van der Waals surface area contributed by atoms with Gasteiger partial charge in [-0.05, 0) is 37.0 Å². The quantitative estimate of drug-likeness (QED) is 0.456. The molecule has 0 aromatic heterocycles. The van der Waals surface area contributed by atoms with Gasteiger partial charge in [0.05, 0.1) is 25.4 Å². The normalized spacial score (nSPS) is 23.1. The zero-order chi connectivity index (χ0) is 15.1. The van der Waals surface area contributed by atoms with Gasteiger partial charge < -0.3 is 9.47 Å². The Labute approximate surface area is 126 Å². The Morgan fingerprint density at radius 2 is 2.14 bits per heavy atom. The minimum atomic E-state index is -0.0678. The predicted octanol–water partition coefficient (Wildman–Crippen LogP) is 3.45. The highest BCUT2D eigenvalue weighted by Gasteiger charge is 2.23. The third-order valence-corrected chi connectivity index (χ3v) is 3.42. The topological polar surface area (TPSA) is 35.5 Å². The molecule has 1 aliphatic heterocycles. The highest BCUT2D eigenvalue weighted by atomic mass is 16.5. The van der Waals surface area contributed by atoms with Crippen molar-refractivity contribution in [3.8, 4) is 0 Å². The van der Waals surface area contributed by atoms with Crippen LogP contribution in [-0.2, 0) is 20.9 Å². The third kappa shape index (κ3) is 5.29. The highest BCUT2D eigenvalue weighted by molar-refractivity contribution is 5.72. The van der Waals surface area contributed by atoms with Gasteiger partial charge in [-0.2, -0.15) is 0 Å². The Balaban J connectivity index is 1.82. The van der Waals surface area contributed by atoms with E-state index in [9.17, 15) is 4.79 Å².